The highest BCUT2D eigenvalue weighted by atomic mass is 32.2. The van der Waals surface area contributed by atoms with Gasteiger partial charge in [-0.15, -0.1) is 11.8 Å². The summed E-state index contributed by atoms with van der Waals surface area (Å²) in [5, 5.41) is 0. The molecule has 1 aliphatic heterocycles. The normalized spacial score (nSPS) is 15.3. The molecule has 138 valence electrons. The average molecular weight is 390 g/mol. The molecule has 0 aliphatic carbocycles. The minimum Gasteiger partial charge on any atom is -0.293 e. The van der Waals surface area contributed by atoms with E-state index in [-0.39, 0.29) is 10.7 Å². The lowest BCUT2D eigenvalue weighted by Gasteiger charge is -2.15. The van der Waals surface area contributed by atoms with Crippen LogP contribution in [0.15, 0.2) is 53.4 Å². The van der Waals surface area contributed by atoms with E-state index in [9.17, 15) is 13.2 Å². The standard InChI is InChI=1S/C20H23NO3S2/c1-16-6-2-3-7-18(16)14-25-15-20(22)17-8-10-19(11-9-17)26(23,24)21-12-4-5-13-21/h2-3,6-11H,4-5,12-15H2,1H3. The zero-order valence-electron chi connectivity index (χ0n) is 14.8. The molecule has 0 amide bonds. The summed E-state index contributed by atoms with van der Waals surface area (Å²) in [5.74, 6) is 1.19. The van der Waals surface area contributed by atoms with E-state index < -0.39 is 10.0 Å². The van der Waals surface area contributed by atoms with Crippen molar-refractivity contribution in [3.05, 3.63) is 65.2 Å². The zero-order valence-corrected chi connectivity index (χ0v) is 16.5. The van der Waals surface area contributed by atoms with E-state index >= 15 is 0 Å². The van der Waals surface area contributed by atoms with Crippen LogP contribution in [-0.2, 0) is 15.8 Å². The molecular weight excluding hydrogens is 366 g/mol. The molecule has 1 fully saturated rings. The lowest BCUT2D eigenvalue weighted by molar-refractivity contribution is 0.102. The van der Waals surface area contributed by atoms with Gasteiger partial charge in [-0.2, -0.15) is 4.31 Å². The Morgan fingerprint density at radius 2 is 1.69 bits per heavy atom. The van der Waals surface area contributed by atoms with E-state index in [0.29, 0.717) is 24.4 Å². The van der Waals surface area contributed by atoms with E-state index in [1.807, 2.05) is 12.1 Å². The van der Waals surface area contributed by atoms with Crippen LogP contribution < -0.4 is 0 Å². The smallest absolute Gasteiger partial charge is 0.243 e. The van der Waals surface area contributed by atoms with Crippen molar-refractivity contribution in [2.45, 2.75) is 30.4 Å². The molecule has 0 atom stereocenters. The quantitative estimate of drug-likeness (QED) is 0.674. The van der Waals surface area contributed by atoms with Gasteiger partial charge in [0, 0.05) is 24.4 Å². The number of nitrogens with zero attached hydrogens (tertiary/aromatic N) is 1. The first-order valence-corrected chi connectivity index (χ1v) is 11.3. The second-order valence-electron chi connectivity index (χ2n) is 6.48. The number of ketones is 1. The predicted molar refractivity (Wildman–Crippen MR) is 106 cm³/mol. The summed E-state index contributed by atoms with van der Waals surface area (Å²) >= 11 is 1.58. The molecular formula is C20H23NO3S2. The summed E-state index contributed by atoms with van der Waals surface area (Å²) < 4.78 is 26.5. The summed E-state index contributed by atoms with van der Waals surface area (Å²) in [6, 6.07) is 14.5. The lowest BCUT2D eigenvalue weighted by atomic mass is 10.1. The molecule has 1 saturated heterocycles. The van der Waals surface area contributed by atoms with Crippen molar-refractivity contribution in [1.29, 1.82) is 0 Å². The third kappa shape index (κ3) is 4.37. The summed E-state index contributed by atoms with van der Waals surface area (Å²) in [7, 11) is -3.42. The molecule has 0 aromatic heterocycles. The Kier molecular flexibility index (Phi) is 6.16. The first kappa shape index (κ1) is 19.1. The van der Waals surface area contributed by atoms with E-state index in [4.69, 9.17) is 0 Å². The number of hydrogen-bond acceptors (Lipinski definition) is 4. The van der Waals surface area contributed by atoms with Gasteiger partial charge in [0.25, 0.3) is 0 Å². The van der Waals surface area contributed by atoms with Crippen LogP contribution in [0.1, 0.15) is 34.3 Å². The van der Waals surface area contributed by atoms with Crippen molar-refractivity contribution in [2.24, 2.45) is 0 Å². The predicted octanol–water partition coefficient (Wildman–Crippen LogP) is 3.90. The molecule has 2 aromatic carbocycles. The Bertz CT molecular complexity index is 870. The summed E-state index contributed by atoms with van der Waals surface area (Å²) in [6.45, 7) is 3.23. The third-order valence-electron chi connectivity index (χ3n) is 4.63. The second kappa shape index (κ2) is 8.37. The number of benzene rings is 2. The van der Waals surface area contributed by atoms with Gasteiger partial charge in [-0.25, -0.2) is 8.42 Å². The monoisotopic (exact) mass is 389 g/mol. The van der Waals surface area contributed by atoms with Crippen LogP contribution in [0.3, 0.4) is 0 Å². The largest absolute Gasteiger partial charge is 0.293 e. The van der Waals surface area contributed by atoms with E-state index in [0.717, 1.165) is 18.6 Å². The van der Waals surface area contributed by atoms with Crippen LogP contribution in [-0.4, -0.2) is 37.3 Å². The average Bonchev–Trinajstić information content (AvgIpc) is 3.19. The molecule has 0 spiro atoms. The molecule has 0 N–H and O–H groups in total. The number of Topliss-reactive ketones (excluding diaryl/α,β-unsaturated/α-hetero) is 1. The summed E-state index contributed by atoms with van der Waals surface area (Å²) in [6.07, 6.45) is 1.82. The molecule has 1 aliphatic rings. The Hall–Kier alpha value is -1.63. The van der Waals surface area contributed by atoms with Crippen LogP contribution in [0, 0.1) is 6.92 Å². The number of aryl methyl sites for hydroxylation is 1. The Morgan fingerprint density at radius 1 is 1.04 bits per heavy atom. The maximum absolute atomic E-state index is 12.5. The highest BCUT2D eigenvalue weighted by Crippen LogP contribution is 2.22. The fourth-order valence-electron chi connectivity index (χ4n) is 3.00. The van der Waals surface area contributed by atoms with Gasteiger partial charge in [0.05, 0.1) is 10.6 Å². The van der Waals surface area contributed by atoms with Crippen molar-refractivity contribution in [1.82, 2.24) is 4.31 Å². The van der Waals surface area contributed by atoms with Gasteiger partial charge in [0.2, 0.25) is 10.0 Å². The van der Waals surface area contributed by atoms with Crippen molar-refractivity contribution in [3.63, 3.8) is 0 Å². The van der Waals surface area contributed by atoms with Gasteiger partial charge in [-0.3, -0.25) is 4.79 Å². The second-order valence-corrected chi connectivity index (χ2v) is 9.40. The van der Waals surface area contributed by atoms with Crippen LogP contribution in [0.2, 0.25) is 0 Å². The minimum absolute atomic E-state index is 0.0219. The van der Waals surface area contributed by atoms with Gasteiger partial charge >= 0.3 is 0 Å². The van der Waals surface area contributed by atoms with Gasteiger partial charge in [0.1, 0.15) is 0 Å². The topological polar surface area (TPSA) is 54.5 Å². The fourth-order valence-corrected chi connectivity index (χ4v) is 5.51. The molecule has 1 heterocycles. The van der Waals surface area contributed by atoms with Crippen molar-refractivity contribution < 1.29 is 13.2 Å². The molecule has 6 heteroatoms. The lowest BCUT2D eigenvalue weighted by Crippen LogP contribution is -2.27. The van der Waals surface area contributed by atoms with Gasteiger partial charge < -0.3 is 0 Å². The first-order valence-electron chi connectivity index (χ1n) is 8.74. The van der Waals surface area contributed by atoms with Crippen LogP contribution in [0.4, 0.5) is 0 Å². The van der Waals surface area contributed by atoms with Crippen LogP contribution in [0.5, 0.6) is 0 Å². The minimum atomic E-state index is -3.42. The third-order valence-corrected chi connectivity index (χ3v) is 7.53. The molecule has 0 bridgehead atoms. The molecule has 0 saturated carbocycles. The summed E-state index contributed by atoms with van der Waals surface area (Å²) in [5.41, 5.74) is 3.02. The summed E-state index contributed by atoms with van der Waals surface area (Å²) in [4.78, 5) is 12.6. The number of sulfonamides is 1. The maximum atomic E-state index is 12.5. The number of hydrogen-bond donors (Lipinski definition) is 0. The molecule has 26 heavy (non-hydrogen) atoms. The van der Waals surface area contributed by atoms with Gasteiger partial charge in [-0.1, -0.05) is 36.4 Å². The SMILES string of the molecule is Cc1ccccc1CSCC(=O)c1ccc(S(=O)(=O)N2CCCC2)cc1. The van der Waals surface area contributed by atoms with E-state index in [2.05, 4.69) is 19.1 Å². The molecule has 0 unspecified atom stereocenters. The van der Waals surface area contributed by atoms with Gasteiger partial charge in [0.15, 0.2) is 5.78 Å². The van der Waals surface area contributed by atoms with Gasteiger partial charge in [-0.05, 0) is 43.0 Å². The van der Waals surface area contributed by atoms with Crippen molar-refractivity contribution in [2.75, 3.05) is 18.8 Å². The number of rotatable bonds is 7. The zero-order chi connectivity index (χ0) is 18.6. The number of thioether (sulfide) groups is 1. The van der Waals surface area contributed by atoms with E-state index in [1.165, 1.54) is 15.4 Å². The Labute approximate surface area is 159 Å². The highest BCUT2D eigenvalue weighted by Gasteiger charge is 2.27. The Balaban J connectivity index is 1.59. The molecule has 0 radical (unpaired) electrons. The van der Waals surface area contributed by atoms with Crippen molar-refractivity contribution >= 4 is 27.6 Å². The van der Waals surface area contributed by atoms with E-state index in [1.54, 1.807) is 36.0 Å². The molecule has 2 aromatic rings. The van der Waals surface area contributed by atoms with Crippen LogP contribution >= 0.6 is 11.8 Å². The molecule has 4 nitrogen and oxygen atoms in total. The number of carbonyl (C=O) groups is 1. The molecule has 3 rings (SSSR count). The van der Waals surface area contributed by atoms with Crippen molar-refractivity contribution in [3.8, 4) is 0 Å². The fraction of sp³-hybridized carbons (Fsp3) is 0.350. The highest BCUT2D eigenvalue weighted by molar-refractivity contribution is 7.99. The number of carbonyl (C=O) groups excluding carboxylic acids is 1. The Morgan fingerprint density at radius 3 is 2.35 bits per heavy atom. The van der Waals surface area contributed by atoms with Crippen LogP contribution in [0.25, 0.3) is 0 Å². The first-order chi connectivity index (χ1) is 12.5. The maximum Gasteiger partial charge on any atom is 0.243 e.